The van der Waals surface area contributed by atoms with Crippen molar-refractivity contribution in [3.05, 3.63) is 33.6 Å². The predicted molar refractivity (Wildman–Crippen MR) is 68.9 cm³/mol. The van der Waals surface area contributed by atoms with Gasteiger partial charge in [0.1, 0.15) is 5.82 Å². The van der Waals surface area contributed by atoms with E-state index in [0.717, 1.165) is 25.1 Å². The fourth-order valence-corrected chi connectivity index (χ4v) is 2.58. The van der Waals surface area contributed by atoms with Gasteiger partial charge >= 0.3 is 0 Å². The van der Waals surface area contributed by atoms with Crippen molar-refractivity contribution < 1.29 is 4.39 Å². The van der Waals surface area contributed by atoms with Gasteiger partial charge < -0.3 is 5.73 Å². The van der Waals surface area contributed by atoms with Crippen LogP contribution in [0.1, 0.15) is 12.0 Å². The van der Waals surface area contributed by atoms with E-state index < -0.39 is 5.82 Å². The quantitative estimate of drug-likeness (QED) is 0.861. The van der Waals surface area contributed by atoms with Crippen LogP contribution in [0.4, 0.5) is 4.39 Å². The SMILES string of the molecule is NCC1CCN(Cc2ccc(F)c(Cl)c2Cl)C1. The second-order valence-electron chi connectivity index (χ2n) is 4.46. The zero-order valence-electron chi connectivity index (χ0n) is 9.43. The summed E-state index contributed by atoms with van der Waals surface area (Å²) in [6, 6.07) is 3.05. The number of halogens is 3. The van der Waals surface area contributed by atoms with Gasteiger partial charge in [-0.1, -0.05) is 29.3 Å². The molecule has 1 saturated heterocycles. The Bertz CT molecular complexity index is 412. The van der Waals surface area contributed by atoms with Gasteiger partial charge in [-0.15, -0.1) is 0 Å². The van der Waals surface area contributed by atoms with Crippen LogP contribution in [0.2, 0.25) is 10.0 Å². The van der Waals surface area contributed by atoms with Gasteiger partial charge in [0, 0.05) is 13.1 Å². The van der Waals surface area contributed by atoms with E-state index in [1.54, 1.807) is 6.07 Å². The molecule has 94 valence electrons. The van der Waals surface area contributed by atoms with E-state index in [2.05, 4.69) is 4.90 Å². The van der Waals surface area contributed by atoms with E-state index in [-0.39, 0.29) is 5.02 Å². The van der Waals surface area contributed by atoms with Crippen LogP contribution >= 0.6 is 23.2 Å². The third-order valence-corrected chi connectivity index (χ3v) is 4.11. The van der Waals surface area contributed by atoms with Gasteiger partial charge in [0.05, 0.1) is 10.0 Å². The summed E-state index contributed by atoms with van der Waals surface area (Å²) in [5, 5.41) is 0.335. The lowest BCUT2D eigenvalue weighted by atomic mass is 10.1. The van der Waals surface area contributed by atoms with Crippen molar-refractivity contribution in [3.8, 4) is 0 Å². The maximum Gasteiger partial charge on any atom is 0.143 e. The molecule has 0 bridgehead atoms. The first-order valence-electron chi connectivity index (χ1n) is 5.66. The molecule has 1 unspecified atom stereocenters. The highest BCUT2D eigenvalue weighted by Gasteiger charge is 2.22. The Labute approximate surface area is 110 Å². The van der Waals surface area contributed by atoms with Crippen LogP contribution < -0.4 is 5.73 Å². The van der Waals surface area contributed by atoms with E-state index in [4.69, 9.17) is 28.9 Å². The van der Waals surface area contributed by atoms with Gasteiger partial charge in [0.15, 0.2) is 0 Å². The molecule has 0 saturated carbocycles. The van der Waals surface area contributed by atoms with Gasteiger partial charge in [-0.3, -0.25) is 4.90 Å². The van der Waals surface area contributed by atoms with Crippen molar-refractivity contribution in [1.29, 1.82) is 0 Å². The molecule has 2 N–H and O–H groups in total. The Morgan fingerprint density at radius 2 is 2.12 bits per heavy atom. The molecule has 1 aliphatic rings. The predicted octanol–water partition coefficient (Wildman–Crippen LogP) is 2.91. The summed E-state index contributed by atoms with van der Waals surface area (Å²) < 4.78 is 13.1. The molecular formula is C12H15Cl2FN2. The van der Waals surface area contributed by atoms with Gasteiger partial charge in [0.25, 0.3) is 0 Å². The molecule has 5 heteroatoms. The molecule has 0 amide bonds. The number of likely N-dealkylation sites (tertiary alicyclic amines) is 1. The number of nitrogens with zero attached hydrogens (tertiary/aromatic N) is 1. The molecule has 2 nitrogen and oxygen atoms in total. The smallest absolute Gasteiger partial charge is 0.143 e. The Morgan fingerprint density at radius 1 is 1.35 bits per heavy atom. The van der Waals surface area contributed by atoms with Crippen molar-refractivity contribution >= 4 is 23.2 Å². The molecule has 1 heterocycles. The molecule has 0 spiro atoms. The van der Waals surface area contributed by atoms with Crippen LogP contribution in [0.25, 0.3) is 0 Å². The molecule has 1 fully saturated rings. The lowest BCUT2D eigenvalue weighted by molar-refractivity contribution is 0.318. The Balaban J connectivity index is 2.07. The molecule has 1 aromatic rings. The molecule has 17 heavy (non-hydrogen) atoms. The minimum Gasteiger partial charge on any atom is -0.330 e. The molecule has 0 aromatic heterocycles. The van der Waals surface area contributed by atoms with E-state index in [1.165, 1.54) is 6.07 Å². The van der Waals surface area contributed by atoms with Crippen LogP contribution in [0, 0.1) is 11.7 Å². The van der Waals surface area contributed by atoms with E-state index in [1.807, 2.05) is 0 Å². The van der Waals surface area contributed by atoms with Crippen molar-refractivity contribution in [2.75, 3.05) is 19.6 Å². The van der Waals surface area contributed by atoms with E-state index in [9.17, 15) is 4.39 Å². The van der Waals surface area contributed by atoms with Crippen molar-refractivity contribution in [2.45, 2.75) is 13.0 Å². The number of hydrogen-bond donors (Lipinski definition) is 1. The maximum atomic E-state index is 13.1. The molecule has 1 atom stereocenters. The monoisotopic (exact) mass is 276 g/mol. The lowest BCUT2D eigenvalue weighted by Gasteiger charge is -2.17. The normalized spacial score (nSPS) is 21.1. The largest absolute Gasteiger partial charge is 0.330 e. The van der Waals surface area contributed by atoms with Crippen LogP contribution in [0.3, 0.4) is 0 Å². The summed E-state index contributed by atoms with van der Waals surface area (Å²) in [5.41, 5.74) is 6.51. The van der Waals surface area contributed by atoms with Gasteiger partial charge in [-0.25, -0.2) is 4.39 Å². The summed E-state index contributed by atoms with van der Waals surface area (Å²) in [6.45, 7) is 3.40. The zero-order chi connectivity index (χ0) is 12.4. The molecule has 0 aliphatic carbocycles. The zero-order valence-corrected chi connectivity index (χ0v) is 10.9. The molecular weight excluding hydrogens is 262 g/mol. The van der Waals surface area contributed by atoms with Gasteiger partial charge in [-0.05, 0) is 37.1 Å². The fourth-order valence-electron chi connectivity index (χ4n) is 2.18. The van der Waals surface area contributed by atoms with Crippen LogP contribution in [-0.4, -0.2) is 24.5 Å². The summed E-state index contributed by atoms with van der Waals surface area (Å²) in [5.74, 6) is 0.0892. The third kappa shape index (κ3) is 2.91. The topological polar surface area (TPSA) is 29.3 Å². The molecule has 2 rings (SSSR count). The summed E-state index contributed by atoms with van der Waals surface area (Å²) >= 11 is 11.8. The van der Waals surface area contributed by atoms with Crippen molar-refractivity contribution in [2.24, 2.45) is 11.7 Å². The number of nitrogens with two attached hydrogens (primary N) is 1. The fraction of sp³-hybridized carbons (Fsp3) is 0.500. The minimum atomic E-state index is -0.471. The van der Waals surface area contributed by atoms with E-state index >= 15 is 0 Å². The van der Waals surface area contributed by atoms with Gasteiger partial charge in [0.2, 0.25) is 0 Å². The second kappa shape index (κ2) is 5.53. The first-order valence-corrected chi connectivity index (χ1v) is 6.42. The first-order chi connectivity index (χ1) is 8.11. The minimum absolute atomic E-state index is 0.0127. The van der Waals surface area contributed by atoms with Crippen molar-refractivity contribution in [3.63, 3.8) is 0 Å². The average Bonchev–Trinajstić information content (AvgIpc) is 2.78. The number of rotatable bonds is 3. The summed E-state index contributed by atoms with van der Waals surface area (Å²) in [7, 11) is 0. The highest BCUT2D eigenvalue weighted by Crippen LogP contribution is 2.30. The average molecular weight is 277 g/mol. The summed E-state index contributed by atoms with van der Waals surface area (Å²) in [4.78, 5) is 2.27. The lowest BCUT2D eigenvalue weighted by Crippen LogP contribution is -2.23. The van der Waals surface area contributed by atoms with Crippen LogP contribution in [-0.2, 0) is 6.54 Å². The van der Waals surface area contributed by atoms with E-state index in [0.29, 0.717) is 24.0 Å². The molecule has 1 aliphatic heterocycles. The summed E-state index contributed by atoms with van der Waals surface area (Å²) in [6.07, 6.45) is 1.11. The second-order valence-corrected chi connectivity index (χ2v) is 5.22. The van der Waals surface area contributed by atoms with Crippen molar-refractivity contribution in [1.82, 2.24) is 4.90 Å². The van der Waals surface area contributed by atoms with Crippen LogP contribution in [0.5, 0.6) is 0 Å². The maximum absolute atomic E-state index is 13.1. The first kappa shape index (κ1) is 13.1. The molecule has 1 aromatic carbocycles. The Kier molecular flexibility index (Phi) is 4.26. The third-order valence-electron chi connectivity index (χ3n) is 3.21. The highest BCUT2D eigenvalue weighted by atomic mass is 35.5. The Morgan fingerprint density at radius 3 is 2.76 bits per heavy atom. The Hall–Kier alpha value is -0.350. The highest BCUT2D eigenvalue weighted by molar-refractivity contribution is 6.42. The number of hydrogen-bond acceptors (Lipinski definition) is 2. The number of benzene rings is 1. The van der Waals surface area contributed by atoms with Gasteiger partial charge in [-0.2, -0.15) is 0 Å². The standard InChI is InChI=1S/C12H15Cl2FN2/c13-11-9(1-2-10(15)12(11)14)7-17-4-3-8(5-16)6-17/h1-2,8H,3-7,16H2. The van der Waals surface area contributed by atoms with Crippen LogP contribution in [0.15, 0.2) is 12.1 Å². The molecule has 0 radical (unpaired) electrons.